The van der Waals surface area contributed by atoms with Crippen molar-refractivity contribution in [3.8, 4) is 5.75 Å². The first-order valence-electron chi connectivity index (χ1n) is 9.97. The number of aromatic nitrogens is 2. The number of rotatable bonds is 5. The molecule has 0 atom stereocenters. The Morgan fingerprint density at radius 1 is 1.16 bits per heavy atom. The van der Waals surface area contributed by atoms with Gasteiger partial charge in [0.15, 0.2) is 5.69 Å². The highest BCUT2D eigenvalue weighted by Crippen LogP contribution is 2.26. The van der Waals surface area contributed by atoms with Gasteiger partial charge < -0.3 is 15.0 Å². The molecule has 0 saturated heterocycles. The van der Waals surface area contributed by atoms with Crippen LogP contribution in [0.2, 0.25) is 5.02 Å². The maximum atomic E-state index is 13.1. The Hall–Kier alpha value is -3.32. The van der Waals surface area contributed by atoms with Crippen molar-refractivity contribution >= 4 is 23.4 Å². The molecule has 1 aromatic heterocycles. The molecule has 8 heteroatoms. The number of hydrogen-bond donors (Lipinski definition) is 1. The number of methoxy groups -OCH3 is 1. The zero-order chi connectivity index (χ0) is 22.0. The summed E-state index contributed by atoms with van der Waals surface area (Å²) >= 11 is 5.91. The number of nitrogens with one attached hydrogen (secondary N) is 1. The third-order valence-corrected chi connectivity index (χ3v) is 5.70. The molecule has 31 heavy (non-hydrogen) atoms. The summed E-state index contributed by atoms with van der Waals surface area (Å²) in [5.41, 5.74) is 3.55. The summed E-state index contributed by atoms with van der Waals surface area (Å²) in [6, 6.07) is 14.5. The number of halogens is 1. The minimum Gasteiger partial charge on any atom is -0.496 e. The number of carbonyl (C=O) groups excluding carboxylic acids is 2. The van der Waals surface area contributed by atoms with Crippen LogP contribution in [0.15, 0.2) is 48.5 Å². The first-order valence-corrected chi connectivity index (χ1v) is 10.4. The third-order valence-electron chi connectivity index (χ3n) is 5.45. The number of carbonyl (C=O) groups is 2. The van der Waals surface area contributed by atoms with Gasteiger partial charge in [-0.05, 0) is 29.8 Å². The fourth-order valence-corrected chi connectivity index (χ4v) is 3.93. The first kappa shape index (κ1) is 20.9. The minimum atomic E-state index is -0.265. The average molecular weight is 439 g/mol. The van der Waals surface area contributed by atoms with Gasteiger partial charge in [-0.25, -0.2) is 0 Å². The SMILES string of the molecule is COc1ccccc1C(=O)N1CCc2c(c(C(=O)NCc3ccc(Cl)cc3)nn2C)C1. The quantitative estimate of drug-likeness (QED) is 0.663. The van der Waals surface area contributed by atoms with Gasteiger partial charge in [-0.1, -0.05) is 35.9 Å². The van der Waals surface area contributed by atoms with E-state index in [0.29, 0.717) is 48.1 Å². The van der Waals surface area contributed by atoms with E-state index in [4.69, 9.17) is 16.3 Å². The standard InChI is InChI=1S/C23H23ClN4O3/c1-27-19-11-12-28(23(30)17-5-3-4-6-20(17)31-2)14-18(19)21(26-27)22(29)25-13-15-7-9-16(24)10-8-15/h3-10H,11-14H2,1-2H3,(H,25,29). The molecule has 2 aromatic carbocycles. The average Bonchev–Trinajstić information content (AvgIpc) is 3.14. The van der Waals surface area contributed by atoms with Crippen LogP contribution in [0.1, 0.15) is 37.7 Å². The second kappa shape index (κ2) is 8.81. The van der Waals surface area contributed by atoms with E-state index in [1.54, 1.807) is 41.0 Å². The van der Waals surface area contributed by atoms with Gasteiger partial charge in [0.2, 0.25) is 0 Å². The molecule has 0 unspecified atom stereocenters. The molecule has 4 rings (SSSR count). The molecule has 0 radical (unpaired) electrons. The number of aryl methyl sites for hydroxylation is 1. The van der Waals surface area contributed by atoms with Crippen LogP contribution in [0.25, 0.3) is 0 Å². The predicted octanol–water partition coefficient (Wildman–Crippen LogP) is 3.21. The molecule has 0 bridgehead atoms. The summed E-state index contributed by atoms with van der Waals surface area (Å²) in [7, 11) is 3.37. The summed E-state index contributed by atoms with van der Waals surface area (Å²) in [4.78, 5) is 27.7. The smallest absolute Gasteiger partial charge is 0.272 e. The van der Waals surface area contributed by atoms with E-state index in [2.05, 4.69) is 10.4 Å². The summed E-state index contributed by atoms with van der Waals surface area (Å²) in [5, 5.41) is 8.00. The Morgan fingerprint density at radius 2 is 1.90 bits per heavy atom. The highest BCUT2D eigenvalue weighted by molar-refractivity contribution is 6.30. The van der Waals surface area contributed by atoms with Gasteiger partial charge >= 0.3 is 0 Å². The summed E-state index contributed by atoms with van der Waals surface area (Å²) < 4.78 is 7.07. The van der Waals surface area contributed by atoms with Crippen LogP contribution in [0.4, 0.5) is 0 Å². The van der Waals surface area contributed by atoms with E-state index in [1.807, 2.05) is 31.3 Å². The molecule has 160 valence electrons. The maximum absolute atomic E-state index is 13.1. The fourth-order valence-electron chi connectivity index (χ4n) is 3.81. The molecule has 7 nitrogen and oxygen atoms in total. The molecular formula is C23H23ClN4O3. The van der Waals surface area contributed by atoms with Gasteiger partial charge in [0.25, 0.3) is 11.8 Å². The first-order chi connectivity index (χ1) is 15.0. The number of ether oxygens (including phenoxy) is 1. The summed E-state index contributed by atoms with van der Waals surface area (Å²) in [6.45, 7) is 1.24. The van der Waals surface area contributed by atoms with Crippen LogP contribution in [0.5, 0.6) is 5.75 Å². The molecule has 0 fully saturated rings. The molecule has 1 aliphatic heterocycles. The minimum absolute atomic E-state index is 0.125. The number of amides is 2. The van der Waals surface area contributed by atoms with Crippen LogP contribution in [-0.2, 0) is 26.6 Å². The maximum Gasteiger partial charge on any atom is 0.272 e. The van der Waals surface area contributed by atoms with Crippen molar-refractivity contribution in [3.63, 3.8) is 0 Å². The van der Waals surface area contributed by atoms with Gasteiger partial charge in [0.1, 0.15) is 5.75 Å². The Bertz CT molecular complexity index is 1120. The Kier molecular flexibility index (Phi) is 5.95. The van der Waals surface area contributed by atoms with Crippen molar-refractivity contribution in [2.45, 2.75) is 19.5 Å². The van der Waals surface area contributed by atoms with Crippen LogP contribution >= 0.6 is 11.6 Å². The molecule has 0 spiro atoms. The monoisotopic (exact) mass is 438 g/mol. The number of benzene rings is 2. The normalized spacial score (nSPS) is 12.9. The number of fused-ring (bicyclic) bond motifs is 1. The van der Waals surface area contributed by atoms with Crippen molar-refractivity contribution in [1.29, 1.82) is 0 Å². The molecule has 2 amide bonds. The molecule has 0 aliphatic carbocycles. The molecular weight excluding hydrogens is 416 g/mol. The van der Waals surface area contributed by atoms with Gasteiger partial charge in [-0.3, -0.25) is 14.3 Å². The highest BCUT2D eigenvalue weighted by atomic mass is 35.5. The van der Waals surface area contributed by atoms with Crippen LogP contribution in [0.3, 0.4) is 0 Å². The second-order valence-corrected chi connectivity index (χ2v) is 7.82. The van der Waals surface area contributed by atoms with E-state index in [-0.39, 0.29) is 11.8 Å². The van der Waals surface area contributed by atoms with Crippen molar-refractivity contribution in [3.05, 3.63) is 81.6 Å². The lowest BCUT2D eigenvalue weighted by molar-refractivity contribution is 0.0727. The third kappa shape index (κ3) is 4.27. The van der Waals surface area contributed by atoms with E-state index in [1.165, 1.54) is 0 Å². The second-order valence-electron chi connectivity index (χ2n) is 7.38. The molecule has 2 heterocycles. The largest absolute Gasteiger partial charge is 0.496 e. The summed E-state index contributed by atoms with van der Waals surface area (Å²) in [6.07, 6.45) is 0.629. The molecule has 3 aromatic rings. The molecule has 1 N–H and O–H groups in total. The van der Waals surface area contributed by atoms with Gasteiger partial charge in [0, 0.05) is 42.8 Å². The zero-order valence-electron chi connectivity index (χ0n) is 17.4. The van der Waals surface area contributed by atoms with E-state index in [0.717, 1.165) is 16.8 Å². The number of para-hydroxylation sites is 1. The Balaban J connectivity index is 1.53. The number of nitrogens with zero attached hydrogens (tertiary/aromatic N) is 3. The van der Waals surface area contributed by atoms with Crippen molar-refractivity contribution < 1.29 is 14.3 Å². The van der Waals surface area contributed by atoms with Crippen molar-refractivity contribution in [2.24, 2.45) is 7.05 Å². The van der Waals surface area contributed by atoms with Crippen molar-refractivity contribution in [1.82, 2.24) is 20.0 Å². The lowest BCUT2D eigenvalue weighted by Crippen LogP contribution is -2.37. The van der Waals surface area contributed by atoms with Crippen molar-refractivity contribution in [2.75, 3.05) is 13.7 Å². The van der Waals surface area contributed by atoms with Crippen LogP contribution < -0.4 is 10.1 Å². The highest BCUT2D eigenvalue weighted by Gasteiger charge is 2.30. The molecule has 1 aliphatic rings. The lowest BCUT2D eigenvalue weighted by atomic mass is 10.0. The van der Waals surface area contributed by atoms with E-state index < -0.39 is 0 Å². The number of hydrogen-bond acceptors (Lipinski definition) is 4. The predicted molar refractivity (Wildman–Crippen MR) is 117 cm³/mol. The lowest BCUT2D eigenvalue weighted by Gasteiger charge is -2.28. The van der Waals surface area contributed by atoms with Gasteiger partial charge in [-0.2, -0.15) is 5.10 Å². The van der Waals surface area contributed by atoms with E-state index >= 15 is 0 Å². The zero-order valence-corrected chi connectivity index (χ0v) is 18.1. The molecule has 0 saturated carbocycles. The van der Waals surface area contributed by atoms with Crippen LogP contribution in [0, 0.1) is 0 Å². The van der Waals surface area contributed by atoms with Gasteiger partial charge in [-0.15, -0.1) is 0 Å². The van der Waals surface area contributed by atoms with E-state index in [9.17, 15) is 9.59 Å². The van der Waals surface area contributed by atoms with Crippen LogP contribution in [-0.4, -0.2) is 40.1 Å². The summed E-state index contributed by atoms with van der Waals surface area (Å²) in [5.74, 6) is 0.142. The Labute approximate surface area is 185 Å². The van der Waals surface area contributed by atoms with Gasteiger partial charge in [0.05, 0.1) is 19.2 Å². The Morgan fingerprint density at radius 3 is 2.65 bits per heavy atom. The topological polar surface area (TPSA) is 76.5 Å². The fraction of sp³-hybridized carbons (Fsp3) is 0.261.